The first-order chi connectivity index (χ1) is 13.0. The standard InChI is InChI=1S/C20H17FN2O3S/c1-3-23-18(24)17(12-13-4-8-15(21)9-5-13)27-20(23)22-16-10-6-14(7-11-16)19(25)26-2/h4-12H,3H2,1-2H3/b17-12+,22-20?. The van der Waals surface area contributed by atoms with Gasteiger partial charge in [0.1, 0.15) is 5.82 Å². The molecule has 1 aliphatic rings. The summed E-state index contributed by atoms with van der Waals surface area (Å²) < 4.78 is 17.7. The average molecular weight is 384 g/mol. The Morgan fingerprint density at radius 3 is 2.44 bits per heavy atom. The van der Waals surface area contributed by atoms with Crippen molar-refractivity contribution in [3.63, 3.8) is 0 Å². The van der Waals surface area contributed by atoms with Crippen LogP contribution >= 0.6 is 11.8 Å². The van der Waals surface area contributed by atoms with Crippen molar-refractivity contribution in [3.05, 3.63) is 70.4 Å². The molecule has 1 fully saturated rings. The van der Waals surface area contributed by atoms with Gasteiger partial charge < -0.3 is 4.74 Å². The molecule has 138 valence electrons. The number of halogens is 1. The fourth-order valence-electron chi connectivity index (χ4n) is 2.48. The maximum Gasteiger partial charge on any atom is 0.337 e. The van der Waals surface area contributed by atoms with Crippen LogP contribution in [-0.2, 0) is 9.53 Å². The monoisotopic (exact) mass is 384 g/mol. The van der Waals surface area contributed by atoms with Crippen molar-refractivity contribution in [1.29, 1.82) is 0 Å². The van der Waals surface area contributed by atoms with Gasteiger partial charge in [0.2, 0.25) is 0 Å². The lowest BCUT2D eigenvalue weighted by Gasteiger charge is -2.12. The third-order valence-corrected chi connectivity index (χ3v) is 4.89. The highest BCUT2D eigenvalue weighted by atomic mass is 32.2. The van der Waals surface area contributed by atoms with Gasteiger partial charge in [-0.2, -0.15) is 0 Å². The van der Waals surface area contributed by atoms with Crippen LogP contribution in [0.2, 0.25) is 0 Å². The molecule has 0 N–H and O–H groups in total. The summed E-state index contributed by atoms with van der Waals surface area (Å²) in [7, 11) is 1.32. The summed E-state index contributed by atoms with van der Waals surface area (Å²) in [5.41, 5.74) is 1.80. The Hall–Kier alpha value is -2.93. The van der Waals surface area contributed by atoms with Crippen LogP contribution in [0.15, 0.2) is 58.4 Å². The van der Waals surface area contributed by atoms with Crippen molar-refractivity contribution in [1.82, 2.24) is 4.90 Å². The molecular weight excluding hydrogens is 367 g/mol. The number of benzene rings is 2. The lowest BCUT2D eigenvalue weighted by Crippen LogP contribution is -2.28. The minimum Gasteiger partial charge on any atom is -0.465 e. The molecule has 1 amide bonds. The van der Waals surface area contributed by atoms with E-state index >= 15 is 0 Å². The number of carbonyl (C=O) groups is 2. The summed E-state index contributed by atoms with van der Waals surface area (Å²) in [5.74, 6) is -0.883. The molecule has 27 heavy (non-hydrogen) atoms. The lowest BCUT2D eigenvalue weighted by molar-refractivity contribution is -0.122. The van der Waals surface area contributed by atoms with Crippen molar-refractivity contribution in [2.45, 2.75) is 6.92 Å². The van der Waals surface area contributed by atoms with E-state index in [2.05, 4.69) is 9.73 Å². The van der Waals surface area contributed by atoms with E-state index in [1.54, 1.807) is 47.4 Å². The van der Waals surface area contributed by atoms with Gasteiger partial charge in [0.25, 0.3) is 5.91 Å². The van der Waals surface area contributed by atoms with Gasteiger partial charge in [0, 0.05) is 6.54 Å². The number of esters is 1. The van der Waals surface area contributed by atoms with Gasteiger partial charge in [-0.1, -0.05) is 12.1 Å². The summed E-state index contributed by atoms with van der Waals surface area (Å²) >= 11 is 1.26. The SMILES string of the molecule is CCN1C(=O)/C(=C\c2ccc(F)cc2)SC1=Nc1ccc(C(=O)OC)cc1. The summed E-state index contributed by atoms with van der Waals surface area (Å²) in [6.45, 7) is 2.35. The quantitative estimate of drug-likeness (QED) is 0.585. The van der Waals surface area contributed by atoms with Crippen molar-refractivity contribution in [2.24, 2.45) is 4.99 Å². The molecule has 1 saturated heterocycles. The van der Waals surface area contributed by atoms with Crippen LogP contribution in [0.1, 0.15) is 22.8 Å². The molecule has 7 heteroatoms. The van der Waals surface area contributed by atoms with Gasteiger partial charge in [0.15, 0.2) is 5.17 Å². The Labute approximate surface area is 160 Å². The molecule has 1 heterocycles. The molecule has 5 nitrogen and oxygen atoms in total. The highest BCUT2D eigenvalue weighted by Gasteiger charge is 2.32. The zero-order valence-corrected chi connectivity index (χ0v) is 15.6. The van der Waals surface area contributed by atoms with Crippen molar-refractivity contribution in [3.8, 4) is 0 Å². The number of ether oxygens (including phenoxy) is 1. The molecule has 2 aromatic rings. The number of carbonyl (C=O) groups excluding carboxylic acids is 2. The fourth-order valence-corrected chi connectivity index (χ4v) is 3.54. The van der Waals surface area contributed by atoms with E-state index < -0.39 is 5.97 Å². The molecule has 0 aliphatic carbocycles. The van der Waals surface area contributed by atoms with Crippen LogP contribution in [0.5, 0.6) is 0 Å². The number of likely N-dealkylation sites (N-methyl/N-ethyl adjacent to an activating group) is 1. The summed E-state index contributed by atoms with van der Waals surface area (Å²) in [6, 6.07) is 12.6. The highest BCUT2D eigenvalue weighted by molar-refractivity contribution is 8.18. The second-order valence-corrected chi connectivity index (χ2v) is 6.65. The zero-order valence-electron chi connectivity index (χ0n) is 14.8. The number of amidine groups is 1. The average Bonchev–Trinajstić information content (AvgIpc) is 2.97. The van der Waals surface area contributed by atoms with Gasteiger partial charge in [-0.15, -0.1) is 0 Å². The molecule has 3 rings (SSSR count). The highest BCUT2D eigenvalue weighted by Crippen LogP contribution is 2.34. The van der Waals surface area contributed by atoms with Crippen LogP contribution in [0.3, 0.4) is 0 Å². The second kappa shape index (κ2) is 8.18. The minimum absolute atomic E-state index is 0.142. The third kappa shape index (κ3) is 4.25. The van der Waals surface area contributed by atoms with Crippen LogP contribution in [-0.4, -0.2) is 35.6 Å². The minimum atomic E-state index is -0.417. The van der Waals surface area contributed by atoms with Gasteiger partial charge in [-0.25, -0.2) is 14.2 Å². The molecule has 2 aromatic carbocycles. The van der Waals surface area contributed by atoms with Gasteiger partial charge >= 0.3 is 5.97 Å². The van der Waals surface area contributed by atoms with Gasteiger partial charge in [0.05, 0.1) is 23.3 Å². The number of aliphatic imine (C=N–C) groups is 1. The second-order valence-electron chi connectivity index (χ2n) is 5.64. The molecule has 0 atom stereocenters. The number of hydrogen-bond acceptors (Lipinski definition) is 5. The molecule has 0 unspecified atom stereocenters. The number of rotatable bonds is 4. The molecule has 0 spiro atoms. The Balaban J connectivity index is 1.86. The predicted molar refractivity (Wildman–Crippen MR) is 104 cm³/mol. The van der Waals surface area contributed by atoms with E-state index in [4.69, 9.17) is 0 Å². The zero-order chi connectivity index (χ0) is 19.4. The predicted octanol–water partition coefficient (Wildman–Crippen LogP) is 4.24. The maximum atomic E-state index is 13.0. The van der Waals surface area contributed by atoms with E-state index in [-0.39, 0.29) is 11.7 Å². The summed E-state index contributed by atoms with van der Waals surface area (Å²) in [5, 5.41) is 0.557. The van der Waals surface area contributed by atoms with E-state index in [1.165, 1.54) is 31.0 Å². The first-order valence-corrected chi connectivity index (χ1v) is 9.07. The first-order valence-electron chi connectivity index (χ1n) is 8.26. The molecule has 1 aliphatic heterocycles. The number of methoxy groups -OCH3 is 1. The number of thioether (sulfide) groups is 1. The summed E-state index contributed by atoms with van der Waals surface area (Å²) in [4.78, 5) is 30.7. The Morgan fingerprint density at radius 1 is 1.19 bits per heavy atom. The van der Waals surface area contributed by atoms with Gasteiger partial charge in [-0.05, 0) is 66.7 Å². The van der Waals surface area contributed by atoms with Crippen LogP contribution in [0.25, 0.3) is 6.08 Å². The smallest absolute Gasteiger partial charge is 0.337 e. The molecule has 0 radical (unpaired) electrons. The van der Waals surface area contributed by atoms with E-state index in [1.807, 2.05) is 6.92 Å². The normalized spacial score (nSPS) is 17.0. The van der Waals surface area contributed by atoms with Crippen LogP contribution in [0.4, 0.5) is 10.1 Å². The maximum absolute atomic E-state index is 13.0. The number of nitrogens with zero attached hydrogens (tertiary/aromatic N) is 2. The first kappa shape index (κ1) is 18.8. The van der Waals surface area contributed by atoms with Crippen molar-refractivity contribution in [2.75, 3.05) is 13.7 Å². The fraction of sp³-hybridized carbons (Fsp3) is 0.150. The lowest BCUT2D eigenvalue weighted by atomic mass is 10.2. The van der Waals surface area contributed by atoms with E-state index in [9.17, 15) is 14.0 Å². The molecule has 0 saturated carbocycles. The third-order valence-electron chi connectivity index (χ3n) is 3.89. The van der Waals surface area contributed by atoms with E-state index in [0.29, 0.717) is 27.9 Å². The van der Waals surface area contributed by atoms with Crippen LogP contribution in [0, 0.1) is 5.82 Å². The Morgan fingerprint density at radius 2 is 1.85 bits per heavy atom. The molecule has 0 bridgehead atoms. The van der Waals surface area contributed by atoms with Gasteiger partial charge in [-0.3, -0.25) is 9.69 Å². The van der Waals surface area contributed by atoms with Crippen LogP contribution < -0.4 is 0 Å². The largest absolute Gasteiger partial charge is 0.465 e. The number of amides is 1. The molecule has 0 aromatic heterocycles. The Bertz CT molecular complexity index is 921. The Kier molecular flexibility index (Phi) is 5.71. The summed E-state index contributed by atoms with van der Waals surface area (Å²) in [6.07, 6.45) is 1.72. The van der Waals surface area contributed by atoms with E-state index in [0.717, 1.165) is 5.56 Å². The topological polar surface area (TPSA) is 59.0 Å². The van der Waals surface area contributed by atoms with Crippen molar-refractivity contribution < 1.29 is 18.7 Å². The van der Waals surface area contributed by atoms with Crippen molar-refractivity contribution >= 4 is 40.6 Å². The molecular formula is C20H17FN2O3S. The number of hydrogen-bond donors (Lipinski definition) is 0.